The molecule has 0 fully saturated rings. The summed E-state index contributed by atoms with van der Waals surface area (Å²) in [6.45, 7) is 0.756. The Morgan fingerprint density at radius 2 is 2.06 bits per heavy atom. The van der Waals surface area contributed by atoms with Crippen LogP contribution < -0.4 is 4.72 Å². The molecule has 0 amide bonds. The van der Waals surface area contributed by atoms with Gasteiger partial charge >= 0.3 is 0 Å². The normalized spacial score (nSPS) is 12.1. The van der Waals surface area contributed by atoms with Crippen LogP contribution in [0.2, 0.25) is 5.02 Å². The third-order valence-corrected chi connectivity index (χ3v) is 3.76. The van der Waals surface area contributed by atoms with E-state index in [2.05, 4.69) is 4.72 Å². The van der Waals surface area contributed by atoms with Gasteiger partial charge in [0.25, 0.3) is 0 Å². The summed E-state index contributed by atoms with van der Waals surface area (Å²) in [5.74, 6) is -0.852. The van der Waals surface area contributed by atoms with Crippen LogP contribution in [0.4, 0.5) is 4.39 Å². The molecule has 0 aliphatic carbocycles. The van der Waals surface area contributed by atoms with Crippen molar-refractivity contribution in [1.82, 2.24) is 9.62 Å². The van der Waals surface area contributed by atoms with Gasteiger partial charge in [0.2, 0.25) is 10.0 Å². The summed E-state index contributed by atoms with van der Waals surface area (Å²) in [7, 11) is -0.180. The van der Waals surface area contributed by atoms with Crippen LogP contribution in [-0.2, 0) is 10.0 Å². The molecule has 1 rings (SSSR count). The van der Waals surface area contributed by atoms with Crippen LogP contribution in [0, 0.1) is 5.82 Å². The molecular formula is C10H14ClFN2O2S. The van der Waals surface area contributed by atoms with Gasteiger partial charge in [-0.25, -0.2) is 17.5 Å². The quantitative estimate of drug-likeness (QED) is 0.885. The zero-order valence-corrected chi connectivity index (χ0v) is 11.1. The number of nitrogens with one attached hydrogen (secondary N) is 1. The van der Waals surface area contributed by atoms with Crippen LogP contribution in [0.15, 0.2) is 23.1 Å². The van der Waals surface area contributed by atoms with Crippen molar-refractivity contribution in [3.63, 3.8) is 0 Å². The molecule has 0 aromatic heterocycles. The minimum Gasteiger partial charge on any atom is -0.308 e. The molecule has 0 heterocycles. The van der Waals surface area contributed by atoms with Crippen LogP contribution in [-0.4, -0.2) is 40.5 Å². The molecule has 0 spiro atoms. The number of halogens is 2. The summed E-state index contributed by atoms with van der Waals surface area (Å²) in [5, 5.41) is 0.162. The van der Waals surface area contributed by atoms with Crippen molar-refractivity contribution in [3.8, 4) is 0 Å². The molecular weight excluding hydrogens is 267 g/mol. The minimum absolute atomic E-state index is 0.162. The molecule has 0 saturated carbocycles. The van der Waals surface area contributed by atoms with Crippen molar-refractivity contribution in [3.05, 3.63) is 29.0 Å². The first-order valence-corrected chi connectivity index (χ1v) is 6.78. The Morgan fingerprint density at radius 3 is 2.59 bits per heavy atom. The fourth-order valence-corrected chi connectivity index (χ4v) is 2.41. The highest BCUT2D eigenvalue weighted by molar-refractivity contribution is 7.89. The average molecular weight is 281 g/mol. The van der Waals surface area contributed by atoms with Gasteiger partial charge in [-0.15, -0.1) is 0 Å². The molecule has 1 aromatic carbocycles. The Kier molecular flexibility index (Phi) is 4.88. The molecule has 7 heteroatoms. The summed E-state index contributed by atoms with van der Waals surface area (Å²) < 4.78 is 39.2. The molecule has 0 aliphatic heterocycles. The van der Waals surface area contributed by atoms with Crippen molar-refractivity contribution in [1.29, 1.82) is 0 Å². The molecule has 0 unspecified atom stereocenters. The SMILES string of the molecule is CN(C)CCNS(=O)(=O)c1ccc(Cl)cc1F. The highest BCUT2D eigenvalue weighted by Gasteiger charge is 2.18. The molecule has 1 aromatic rings. The Morgan fingerprint density at radius 1 is 1.41 bits per heavy atom. The molecule has 0 saturated heterocycles. The van der Waals surface area contributed by atoms with Crippen molar-refractivity contribution >= 4 is 21.6 Å². The van der Waals surface area contributed by atoms with E-state index < -0.39 is 15.8 Å². The predicted octanol–water partition coefficient (Wildman–Crippen LogP) is 1.32. The lowest BCUT2D eigenvalue weighted by molar-refractivity contribution is 0.412. The first-order chi connectivity index (χ1) is 7.83. The first-order valence-electron chi connectivity index (χ1n) is 4.92. The minimum atomic E-state index is -3.81. The summed E-state index contributed by atoms with van der Waals surface area (Å²) in [5.41, 5.74) is 0. The molecule has 0 bridgehead atoms. The number of benzene rings is 1. The summed E-state index contributed by atoms with van der Waals surface area (Å²) in [4.78, 5) is 1.43. The predicted molar refractivity (Wildman–Crippen MR) is 65.2 cm³/mol. The third kappa shape index (κ3) is 4.23. The van der Waals surface area contributed by atoms with E-state index in [1.165, 1.54) is 6.07 Å². The van der Waals surface area contributed by atoms with Gasteiger partial charge in [-0.1, -0.05) is 11.6 Å². The fraction of sp³-hybridized carbons (Fsp3) is 0.400. The molecule has 0 atom stereocenters. The highest BCUT2D eigenvalue weighted by Crippen LogP contribution is 2.18. The summed E-state index contributed by atoms with van der Waals surface area (Å²) in [6, 6.07) is 3.46. The van der Waals surface area contributed by atoms with Gasteiger partial charge in [-0.05, 0) is 32.3 Å². The van der Waals surface area contributed by atoms with Gasteiger partial charge < -0.3 is 4.90 Å². The Bertz CT molecular complexity index is 491. The number of sulfonamides is 1. The maximum absolute atomic E-state index is 13.4. The second kappa shape index (κ2) is 5.77. The Balaban J connectivity index is 2.83. The number of hydrogen-bond donors (Lipinski definition) is 1. The number of likely N-dealkylation sites (N-methyl/N-ethyl adjacent to an activating group) is 1. The number of rotatable bonds is 5. The van der Waals surface area contributed by atoms with E-state index in [0.717, 1.165) is 12.1 Å². The third-order valence-electron chi connectivity index (χ3n) is 2.03. The van der Waals surface area contributed by atoms with Crippen LogP contribution in [0.5, 0.6) is 0 Å². The van der Waals surface area contributed by atoms with Crippen LogP contribution in [0.1, 0.15) is 0 Å². The molecule has 96 valence electrons. The van der Waals surface area contributed by atoms with Gasteiger partial charge in [0, 0.05) is 18.1 Å². The highest BCUT2D eigenvalue weighted by atomic mass is 35.5. The fourth-order valence-electron chi connectivity index (χ4n) is 1.17. The van der Waals surface area contributed by atoms with E-state index in [1.54, 1.807) is 0 Å². The first kappa shape index (κ1) is 14.4. The lowest BCUT2D eigenvalue weighted by Gasteiger charge is -2.11. The van der Waals surface area contributed by atoms with E-state index in [0.29, 0.717) is 6.54 Å². The van der Waals surface area contributed by atoms with Gasteiger partial charge in [0.15, 0.2) is 0 Å². The van der Waals surface area contributed by atoms with Crippen molar-refractivity contribution in [2.45, 2.75) is 4.90 Å². The van der Waals surface area contributed by atoms with Gasteiger partial charge in [0.1, 0.15) is 10.7 Å². The van der Waals surface area contributed by atoms with Crippen LogP contribution in [0.3, 0.4) is 0 Å². The molecule has 1 N–H and O–H groups in total. The van der Waals surface area contributed by atoms with E-state index >= 15 is 0 Å². The number of nitrogens with zero attached hydrogens (tertiary/aromatic N) is 1. The smallest absolute Gasteiger partial charge is 0.243 e. The maximum atomic E-state index is 13.4. The van der Waals surface area contributed by atoms with E-state index in [9.17, 15) is 12.8 Å². The second-order valence-electron chi connectivity index (χ2n) is 3.78. The molecule has 0 radical (unpaired) electrons. The topological polar surface area (TPSA) is 49.4 Å². The number of hydrogen-bond acceptors (Lipinski definition) is 3. The zero-order valence-electron chi connectivity index (χ0n) is 9.57. The van der Waals surface area contributed by atoms with Crippen molar-refractivity contribution in [2.75, 3.05) is 27.2 Å². The average Bonchev–Trinajstić information content (AvgIpc) is 2.15. The standard InChI is InChI=1S/C10H14ClFN2O2S/c1-14(2)6-5-13-17(15,16)10-4-3-8(11)7-9(10)12/h3-4,7,13H,5-6H2,1-2H3. The Hall–Kier alpha value is -0.690. The van der Waals surface area contributed by atoms with Crippen molar-refractivity contribution in [2.24, 2.45) is 0 Å². The monoisotopic (exact) mass is 280 g/mol. The maximum Gasteiger partial charge on any atom is 0.243 e. The van der Waals surface area contributed by atoms with Crippen LogP contribution in [0.25, 0.3) is 0 Å². The van der Waals surface area contributed by atoms with E-state index in [1.807, 2.05) is 19.0 Å². The summed E-state index contributed by atoms with van der Waals surface area (Å²) in [6.07, 6.45) is 0. The molecule has 0 aliphatic rings. The zero-order chi connectivity index (χ0) is 13.1. The van der Waals surface area contributed by atoms with Gasteiger partial charge in [-0.3, -0.25) is 0 Å². The lowest BCUT2D eigenvalue weighted by atomic mass is 10.3. The second-order valence-corrected chi connectivity index (χ2v) is 5.95. The van der Waals surface area contributed by atoms with E-state index in [4.69, 9.17) is 11.6 Å². The Labute approximate surface area is 105 Å². The largest absolute Gasteiger partial charge is 0.308 e. The lowest BCUT2D eigenvalue weighted by Crippen LogP contribution is -2.31. The molecule has 17 heavy (non-hydrogen) atoms. The van der Waals surface area contributed by atoms with Gasteiger partial charge in [0.05, 0.1) is 0 Å². The molecule has 4 nitrogen and oxygen atoms in total. The van der Waals surface area contributed by atoms with Crippen molar-refractivity contribution < 1.29 is 12.8 Å². The van der Waals surface area contributed by atoms with E-state index in [-0.39, 0.29) is 16.5 Å². The summed E-state index contributed by atoms with van der Waals surface area (Å²) >= 11 is 5.55. The van der Waals surface area contributed by atoms with Gasteiger partial charge in [-0.2, -0.15) is 0 Å². The van der Waals surface area contributed by atoms with Crippen LogP contribution >= 0.6 is 11.6 Å².